The van der Waals surface area contributed by atoms with E-state index in [2.05, 4.69) is 27.7 Å². The third-order valence-electron chi connectivity index (χ3n) is 2.39. The maximum absolute atomic E-state index is 12.0. The molecule has 0 radical (unpaired) electrons. The number of halogens is 1. The highest BCUT2D eigenvalue weighted by atomic mass is 127. The van der Waals surface area contributed by atoms with Gasteiger partial charge in [-0.2, -0.15) is 5.10 Å². The number of hydrogen-bond donors (Lipinski definition) is 0. The summed E-state index contributed by atoms with van der Waals surface area (Å²) in [6, 6.07) is 0. The number of aromatic nitrogens is 2. The van der Waals surface area contributed by atoms with E-state index in [1.165, 1.54) is 4.68 Å². The lowest BCUT2D eigenvalue weighted by Gasteiger charge is -2.20. The monoisotopic (exact) mass is 350 g/mol. The van der Waals surface area contributed by atoms with Crippen LogP contribution in [0, 0.1) is 8.99 Å². The zero-order valence-corrected chi connectivity index (χ0v) is 12.2. The molecule has 0 N–H and O–H groups in total. The van der Waals surface area contributed by atoms with Crippen LogP contribution < -0.4 is 0 Å². The van der Waals surface area contributed by atoms with E-state index in [-0.39, 0.29) is 18.9 Å². The van der Waals surface area contributed by atoms with E-state index in [0.29, 0.717) is 0 Å². The summed E-state index contributed by atoms with van der Waals surface area (Å²) in [6.45, 7) is 5.21. The molecule has 1 heterocycles. The van der Waals surface area contributed by atoms with Gasteiger partial charge in [0.15, 0.2) is 5.78 Å². The van der Waals surface area contributed by atoms with Crippen LogP contribution in [0.3, 0.4) is 0 Å². The Balaban J connectivity index is 2.72. The number of esters is 1. The van der Waals surface area contributed by atoms with Crippen molar-refractivity contribution in [2.24, 2.45) is 5.41 Å². The van der Waals surface area contributed by atoms with Crippen LogP contribution in [-0.4, -0.2) is 28.1 Å². The Bertz CT molecular complexity index is 426. The zero-order valence-electron chi connectivity index (χ0n) is 10.1. The SMILES string of the molecule is CCOC(=O)C(C)(C)C(=O)Cn1cc(I)cn1. The fourth-order valence-electron chi connectivity index (χ4n) is 1.19. The second kappa shape index (κ2) is 5.61. The second-order valence-electron chi connectivity index (χ2n) is 4.12. The van der Waals surface area contributed by atoms with Gasteiger partial charge in [0.2, 0.25) is 0 Å². The molecule has 1 rings (SSSR count). The van der Waals surface area contributed by atoms with Gasteiger partial charge < -0.3 is 4.74 Å². The van der Waals surface area contributed by atoms with Crippen LogP contribution in [0.2, 0.25) is 0 Å². The minimum atomic E-state index is -1.13. The summed E-state index contributed by atoms with van der Waals surface area (Å²) in [4.78, 5) is 23.6. The number of Topliss-reactive ketones (excluding diaryl/α,β-unsaturated/α-hetero) is 1. The fourth-order valence-corrected chi connectivity index (χ4v) is 1.64. The van der Waals surface area contributed by atoms with Gasteiger partial charge in [-0.3, -0.25) is 14.3 Å². The van der Waals surface area contributed by atoms with E-state index in [0.717, 1.165) is 3.57 Å². The number of hydrogen-bond acceptors (Lipinski definition) is 4. The van der Waals surface area contributed by atoms with Crippen LogP contribution in [0.1, 0.15) is 20.8 Å². The Morgan fingerprint density at radius 1 is 1.53 bits per heavy atom. The summed E-state index contributed by atoms with van der Waals surface area (Å²) in [5.74, 6) is -0.706. The number of carbonyl (C=O) groups excluding carboxylic acids is 2. The molecule has 6 heteroatoms. The molecule has 0 fully saturated rings. The molecule has 0 saturated heterocycles. The number of ketones is 1. The molecule has 1 aromatic heterocycles. The molecule has 0 saturated carbocycles. The predicted molar refractivity (Wildman–Crippen MR) is 70.4 cm³/mol. The van der Waals surface area contributed by atoms with Crippen LogP contribution in [-0.2, 0) is 20.9 Å². The van der Waals surface area contributed by atoms with Crippen LogP contribution >= 0.6 is 22.6 Å². The van der Waals surface area contributed by atoms with Gasteiger partial charge in [-0.25, -0.2) is 0 Å². The van der Waals surface area contributed by atoms with Gasteiger partial charge in [0.25, 0.3) is 0 Å². The van der Waals surface area contributed by atoms with Crippen molar-refractivity contribution in [2.45, 2.75) is 27.3 Å². The normalized spacial score (nSPS) is 11.3. The first kappa shape index (κ1) is 14.1. The third-order valence-corrected chi connectivity index (χ3v) is 2.95. The van der Waals surface area contributed by atoms with Crippen molar-refractivity contribution in [3.05, 3.63) is 16.0 Å². The largest absolute Gasteiger partial charge is 0.465 e. The molecule has 17 heavy (non-hydrogen) atoms. The van der Waals surface area contributed by atoms with Gasteiger partial charge in [-0.1, -0.05) is 0 Å². The van der Waals surface area contributed by atoms with E-state index >= 15 is 0 Å². The summed E-state index contributed by atoms with van der Waals surface area (Å²) in [5.41, 5.74) is -1.13. The third kappa shape index (κ3) is 3.52. The highest BCUT2D eigenvalue weighted by molar-refractivity contribution is 14.1. The average Bonchev–Trinajstić information content (AvgIpc) is 2.64. The lowest BCUT2D eigenvalue weighted by atomic mass is 9.88. The van der Waals surface area contributed by atoms with Crippen LogP contribution in [0.25, 0.3) is 0 Å². The smallest absolute Gasteiger partial charge is 0.319 e. The standard InChI is InChI=1S/C11H15IN2O3/c1-4-17-10(16)11(2,3)9(15)7-14-6-8(12)5-13-14/h5-6H,4,7H2,1-3H3. The maximum Gasteiger partial charge on any atom is 0.319 e. The molecule has 1 aromatic rings. The highest BCUT2D eigenvalue weighted by Crippen LogP contribution is 2.20. The zero-order chi connectivity index (χ0) is 13.1. The van der Waals surface area contributed by atoms with Gasteiger partial charge >= 0.3 is 5.97 Å². The molecule has 5 nitrogen and oxygen atoms in total. The number of ether oxygens (including phenoxy) is 1. The summed E-state index contributed by atoms with van der Waals surface area (Å²) in [7, 11) is 0. The van der Waals surface area contributed by atoms with E-state index in [1.54, 1.807) is 33.2 Å². The van der Waals surface area contributed by atoms with Gasteiger partial charge in [0.1, 0.15) is 12.0 Å². The lowest BCUT2D eigenvalue weighted by Crippen LogP contribution is -2.37. The highest BCUT2D eigenvalue weighted by Gasteiger charge is 2.37. The quantitative estimate of drug-likeness (QED) is 0.460. The first-order valence-electron chi connectivity index (χ1n) is 5.26. The summed E-state index contributed by atoms with van der Waals surface area (Å²) < 4.78 is 7.35. The number of rotatable bonds is 5. The van der Waals surface area contributed by atoms with Gasteiger partial charge in [0, 0.05) is 6.20 Å². The van der Waals surface area contributed by atoms with E-state index < -0.39 is 11.4 Å². The Morgan fingerprint density at radius 2 is 2.18 bits per heavy atom. The molecule has 0 unspecified atom stereocenters. The van der Waals surface area contributed by atoms with Crippen LogP contribution in [0.15, 0.2) is 12.4 Å². The second-order valence-corrected chi connectivity index (χ2v) is 5.37. The van der Waals surface area contributed by atoms with Crippen molar-refractivity contribution in [2.75, 3.05) is 6.61 Å². The van der Waals surface area contributed by atoms with E-state index in [4.69, 9.17) is 4.74 Å². The maximum atomic E-state index is 12.0. The first-order valence-corrected chi connectivity index (χ1v) is 6.34. The number of carbonyl (C=O) groups is 2. The summed E-state index contributed by atoms with van der Waals surface area (Å²) in [5, 5.41) is 4.01. The average molecular weight is 350 g/mol. The van der Waals surface area contributed by atoms with Crippen molar-refractivity contribution < 1.29 is 14.3 Å². The van der Waals surface area contributed by atoms with Crippen molar-refractivity contribution in [3.63, 3.8) is 0 Å². The molecule has 0 bridgehead atoms. The molecular formula is C11H15IN2O3. The summed E-state index contributed by atoms with van der Waals surface area (Å²) in [6.07, 6.45) is 3.41. The molecule has 0 aliphatic carbocycles. The molecule has 0 aliphatic heterocycles. The molecular weight excluding hydrogens is 335 g/mol. The predicted octanol–water partition coefficient (Wildman–Crippen LogP) is 1.65. The molecule has 0 aliphatic rings. The van der Waals surface area contributed by atoms with Crippen molar-refractivity contribution in [3.8, 4) is 0 Å². The van der Waals surface area contributed by atoms with Gasteiger partial charge in [0.05, 0.1) is 16.4 Å². The summed E-state index contributed by atoms with van der Waals surface area (Å²) >= 11 is 2.11. The van der Waals surface area contributed by atoms with Crippen molar-refractivity contribution >= 4 is 34.3 Å². The van der Waals surface area contributed by atoms with Crippen molar-refractivity contribution in [1.29, 1.82) is 0 Å². The molecule has 0 aromatic carbocycles. The Morgan fingerprint density at radius 3 is 2.65 bits per heavy atom. The minimum absolute atomic E-state index is 0.0782. The Hall–Kier alpha value is -0.920. The van der Waals surface area contributed by atoms with Gasteiger partial charge in [-0.05, 0) is 43.4 Å². The van der Waals surface area contributed by atoms with E-state index in [1.807, 2.05) is 0 Å². The van der Waals surface area contributed by atoms with Crippen LogP contribution in [0.5, 0.6) is 0 Å². The molecule has 0 spiro atoms. The number of nitrogens with zero attached hydrogens (tertiary/aromatic N) is 2. The van der Waals surface area contributed by atoms with Crippen molar-refractivity contribution in [1.82, 2.24) is 9.78 Å². The topological polar surface area (TPSA) is 61.2 Å². The molecule has 0 atom stereocenters. The lowest BCUT2D eigenvalue weighted by molar-refractivity contribution is -0.158. The molecule has 0 amide bonds. The first-order chi connectivity index (χ1) is 7.87. The molecule has 94 valence electrons. The van der Waals surface area contributed by atoms with Crippen LogP contribution in [0.4, 0.5) is 0 Å². The Labute approximate surface area is 114 Å². The minimum Gasteiger partial charge on any atom is -0.465 e. The Kier molecular flexibility index (Phi) is 4.67. The van der Waals surface area contributed by atoms with E-state index in [9.17, 15) is 9.59 Å². The van der Waals surface area contributed by atoms with Gasteiger partial charge in [-0.15, -0.1) is 0 Å². The fraction of sp³-hybridized carbons (Fsp3) is 0.545.